The lowest BCUT2D eigenvalue weighted by molar-refractivity contribution is 1.11. The van der Waals surface area contributed by atoms with E-state index in [2.05, 4.69) is 38.4 Å². The van der Waals surface area contributed by atoms with Gasteiger partial charge in [-0.05, 0) is 27.6 Å². The topological polar surface area (TPSA) is 50.9 Å². The Kier molecular flexibility index (Phi) is 3.41. The molecule has 1 aromatic heterocycles. The van der Waals surface area contributed by atoms with Crippen LogP contribution in [0.1, 0.15) is 5.56 Å². The number of rotatable bonds is 3. The molecule has 0 bridgehead atoms. The Bertz CT molecular complexity index is 471. The highest BCUT2D eigenvalue weighted by atomic mass is 79.9. The molecule has 2 aromatic rings. The Balaban J connectivity index is 2.05. The van der Waals surface area contributed by atoms with Crippen LogP contribution in [0.15, 0.2) is 47.1 Å². The monoisotopic (exact) mass is 277 g/mol. The smallest absolute Gasteiger partial charge is 0.149 e. The number of hydrogen-bond acceptors (Lipinski definition) is 3. The molecule has 0 atom stereocenters. The lowest BCUT2D eigenvalue weighted by Crippen LogP contribution is -2.04. The molecule has 16 heavy (non-hydrogen) atoms. The normalized spacial score (nSPS) is 10.1. The molecule has 0 aliphatic carbocycles. The zero-order valence-corrected chi connectivity index (χ0v) is 10.2. The summed E-state index contributed by atoms with van der Waals surface area (Å²) in [5.41, 5.74) is 7.67. The average molecular weight is 278 g/mol. The highest BCUT2D eigenvalue weighted by Crippen LogP contribution is 2.20. The van der Waals surface area contributed by atoms with Gasteiger partial charge in [-0.25, -0.2) is 4.98 Å². The Morgan fingerprint density at radius 2 is 2.00 bits per heavy atom. The van der Waals surface area contributed by atoms with E-state index in [0.717, 1.165) is 11.0 Å². The summed E-state index contributed by atoms with van der Waals surface area (Å²) >= 11 is 3.32. The molecule has 0 spiro atoms. The summed E-state index contributed by atoms with van der Waals surface area (Å²) in [6, 6.07) is 12.0. The summed E-state index contributed by atoms with van der Waals surface area (Å²) in [4.78, 5) is 4.21. The molecular weight excluding hydrogens is 266 g/mol. The molecule has 3 nitrogen and oxygen atoms in total. The van der Waals surface area contributed by atoms with Gasteiger partial charge in [-0.2, -0.15) is 0 Å². The zero-order chi connectivity index (χ0) is 11.4. The molecule has 0 amide bonds. The van der Waals surface area contributed by atoms with E-state index in [9.17, 15) is 0 Å². The summed E-state index contributed by atoms with van der Waals surface area (Å²) in [5.74, 6) is 0.715. The number of nitrogens with two attached hydrogens (primary N) is 1. The molecule has 0 fully saturated rings. The molecule has 4 heteroatoms. The molecule has 0 saturated heterocycles. The largest absolute Gasteiger partial charge is 0.396 e. The van der Waals surface area contributed by atoms with E-state index in [0.29, 0.717) is 11.5 Å². The van der Waals surface area contributed by atoms with Crippen LogP contribution in [0, 0.1) is 0 Å². The number of nitrogens with zero attached hydrogens (tertiary/aromatic N) is 1. The number of aromatic nitrogens is 1. The highest BCUT2D eigenvalue weighted by molar-refractivity contribution is 9.10. The van der Waals surface area contributed by atoms with Gasteiger partial charge < -0.3 is 11.1 Å². The molecule has 1 aromatic carbocycles. The molecule has 1 heterocycles. The first-order chi connectivity index (χ1) is 7.75. The fourth-order valence-electron chi connectivity index (χ4n) is 1.38. The van der Waals surface area contributed by atoms with Gasteiger partial charge in [0.15, 0.2) is 0 Å². The first kappa shape index (κ1) is 11.0. The summed E-state index contributed by atoms with van der Waals surface area (Å²) in [5, 5.41) is 3.20. The second kappa shape index (κ2) is 4.99. The van der Waals surface area contributed by atoms with Gasteiger partial charge in [0.1, 0.15) is 5.82 Å². The predicted octanol–water partition coefficient (Wildman–Crippen LogP) is 3.04. The van der Waals surface area contributed by atoms with Crippen molar-refractivity contribution in [3.63, 3.8) is 0 Å². The second-order valence-corrected chi connectivity index (χ2v) is 4.35. The maximum atomic E-state index is 5.83. The van der Waals surface area contributed by atoms with Gasteiger partial charge in [-0.1, -0.05) is 30.3 Å². The number of pyridine rings is 1. The molecule has 0 saturated carbocycles. The van der Waals surface area contributed by atoms with E-state index < -0.39 is 0 Å². The van der Waals surface area contributed by atoms with Gasteiger partial charge in [0, 0.05) is 17.2 Å². The minimum Gasteiger partial charge on any atom is -0.396 e. The van der Waals surface area contributed by atoms with Gasteiger partial charge >= 0.3 is 0 Å². The lowest BCUT2D eigenvalue weighted by Gasteiger charge is -2.08. The molecule has 0 aliphatic rings. The van der Waals surface area contributed by atoms with Gasteiger partial charge in [0.25, 0.3) is 0 Å². The number of anilines is 2. The van der Waals surface area contributed by atoms with E-state index in [4.69, 9.17) is 5.73 Å². The fourth-order valence-corrected chi connectivity index (χ4v) is 1.73. The number of nitrogens with one attached hydrogen (secondary N) is 1. The quantitative estimate of drug-likeness (QED) is 0.907. The van der Waals surface area contributed by atoms with Crippen LogP contribution in [-0.4, -0.2) is 4.98 Å². The second-order valence-electron chi connectivity index (χ2n) is 3.43. The number of benzene rings is 1. The van der Waals surface area contributed by atoms with Crippen molar-refractivity contribution in [2.45, 2.75) is 6.54 Å². The SMILES string of the molecule is Nc1cc(Br)cnc1NCc1ccccc1. The van der Waals surface area contributed by atoms with Crippen molar-refractivity contribution in [3.05, 3.63) is 52.6 Å². The zero-order valence-electron chi connectivity index (χ0n) is 8.65. The average Bonchev–Trinajstić information content (AvgIpc) is 2.29. The Hall–Kier alpha value is -1.55. The van der Waals surface area contributed by atoms with E-state index >= 15 is 0 Å². The molecule has 0 unspecified atom stereocenters. The minimum absolute atomic E-state index is 0.644. The third kappa shape index (κ3) is 2.73. The molecule has 82 valence electrons. The van der Waals surface area contributed by atoms with Crippen LogP contribution in [0.3, 0.4) is 0 Å². The van der Waals surface area contributed by atoms with Crippen LogP contribution in [0.4, 0.5) is 11.5 Å². The van der Waals surface area contributed by atoms with Crippen molar-refractivity contribution in [1.82, 2.24) is 4.98 Å². The summed E-state index contributed by atoms with van der Waals surface area (Å²) in [6.07, 6.45) is 1.73. The van der Waals surface area contributed by atoms with Gasteiger partial charge in [0.05, 0.1) is 5.69 Å². The first-order valence-corrected chi connectivity index (χ1v) is 5.74. The van der Waals surface area contributed by atoms with Crippen molar-refractivity contribution in [2.24, 2.45) is 0 Å². The highest BCUT2D eigenvalue weighted by Gasteiger charge is 2.00. The minimum atomic E-state index is 0.644. The summed E-state index contributed by atoms with van der Waals surface area (Å²) in [7, 11) is 0. The Morgan fingerprint density at radius 1 is 1.25 bits per heavy atom. The predicted molar refractivity (Wildman–Crippen MR) is 70.1 cm³/mol. The fraction of sp³-hybridized carbons (Fsp3) is 0.0833. The van der Waals surface area contributed by atoms with E-state index in [1.165, 1.54) is 5.56 Å². The van der Waals surface area contributed by atoms with E-state index in [-0.39, 0.29) is 0 Å². The summed E-state index contributed by atoms with van der Waals surface area (Å²) < 4.78 is 0.885. The van der Waals surface area contributed by atoms with Crippen LogP contribution in [0.2, 0.25) is 0 Å². The van der Waals surface area contributed by atoms with E-state index in [1.54, 1.807) is 6.20 Å². The van der Waals surface area contributed by atoms with Crippen LogP contribution in [0.5, 0.6) is 0 Å². The van der Waals surface area contributed by atoms with Crippen LogP contribution in [0.25, 0.3) is 0 Å². The molecule has 0 aliphatic heterocycles. The number of halogens is 1. The Labute approximate surface area is 103 Å². The van der Waals surface area contributed by atoms with Crippen LogP contribution in [-0.2, 0) is 6.54 Å². The van der Waals surface area contributed by atoms with Crippen molar-refractivity contribution in [2.75, 3.05) is 11.1 Å². The summed E-state index contributed by atoms with van der Waals surface area (Å²) in [6.45, 7) is 0.722. The van der Waals surface area contributed by atoms with E-state index in [1.807, 2.05) is 24.3 Å². The molecule has 3 N–H and O–H groups in total. The van der Waals surface area contributed by atoms with Crippen molar-refractivity contribution in [3.8, 4) is 0 Å². The standard InChI is InChI=1S/C12H12BrN3/c13-10-6-11(14)12(16-8-10)15-7-9-4-2-1-3-5-9/h1-6,8H,7,14H2,(H,15,16). The molecular formula is C12H12BrN3. The first-order valence-electron chi connectivity index (χ1n) is 4.94. The third-order valence-electron chi connectivity index (χ3n) is 2.19. The maximum Gasteiger partial charge on any atom is 0.149 e. The lowest BCUT2D eigenvalue weighted by atomic mass is 10.2. The van der Waals surface area contributed by atoms with Gasteiger partial charge in [0.2, 0.25) is 0 Å². The number of hydrogen-bond donors (Lipinski definition) is 2. The maximum absolute atomic E-state index is 5.83. The third-order valence-corrected chi connectivity index (χ3v) is 2.62. The van der Waals surface area contributed by atoms with Crippen molar-refractivity contribution < 1.29 is 0 Å². The van der Waals surface area contributed by atoms with Gasteiger partial charge in [-0.3, -0.25) is 0 Å². The van der Waals surface area contributed by atoms with Crippen molar-refractivity contribution in [1.29, 1.82) is 0 Å². The number of nitrogen functional groups attached to an aromatic ring is 1. The van der Waals surface area contributed by atoms with Gasteiger partial charge in [-0.15, -0.1) is 0 Å². The van der Waals surface area contributed by atoms with Crippen LogP contribution < -0.4 is 11.1 Å². The van der Waals surface area contributed by atoms with Crippen molar-refractivity contribution >= 4 is 27.4 Å². The molecule has 0 radical (unpaired) electrons. The molecule has 2 rings (SSSR count). The Morgan fingerprint density at radius 3 is 2.69 bits per heavy atom. The van der Waals surface area contributed by atoms with Crippen LogP contribution >= 0.6 is 15.9 Å².